The predicted molar refractivity (Wildman–Crippen MR) is 101 cm³/mol. The third kappa shape index (κ3) is 5.81. The van der Waals surface area contributed by atoms with E-state index in [0.717, 1.165) is 28.8 Å². The fraction of sp³-hybridized carbons (Fsp3) is 0.263. The summed E-state index contributed by atoms with van der Waals surface area (Å²) in [6.45, 7) is 2.91. The molecule has 1 N–H and O–H groups in total. The minimum Gasteiger partial charge on any atom is -0.494 e. The van der Waals surface area contributed by atoms with Gasteiger partial charge in [0.2, 0.25) is 0 Å². The van der Waals surface area contributed by atoms with Gasteiger partial charge in [0.25, 0.3) is 5.91 Å². The zero-order valence-corrected chi connectivity index (χ0v) is 15.3. The van der Waals surface area contributed by atoms with E-state index in [9.17, 15) is 4.79 Å². The molecule has 5 heteroatoms. The topological polar surface area (TPSA) is 50.7 Å². The van der Waals surface area contributed by atoms with E-state index in [4.69, 9.17) is 4.74 Å². The van der Waals surface area contributed by atoms with Gasteiger partial charge in [-0.1, -0.05) is 31.9 Å². The normalized spacial score (nSPS) is 10.8. The van der Waals surface area contributed by atoms with Crippen LogP contribution < -0.4 is 10.2 Å². The summed E-state index contributed by atoms with van der Waals surface area (Å²) >= 11 is 3.35. The van der Waals surface area contributed by atoms with E-state index in [1.54, 1.807) is 12.3 Å². The number of hydrogen-bond acceptors (Lipinski definition) is 3. The Hall–Kier alpha value is -2.14. The van der Waals surface area contributed by atoms with Crippen LogP contribution in [0.25, 0.3) is 0 Å². The van der Waals surface area contributed by atoms with Gasteiger partial charge in [-0.15, -0.1) is 0 Å². The average Bonchev–Trinajstić information content (AvgIpc) is 2.60. The van der Waals surface area contributed by atoms with Crippen molar-refractivity contribution in [1.29, 1.82) is 0 Å². The van der Waals surface area contributed by atoms with Crippen LogP contribution in [-0.2, 0) is 0 Å². The Balaban J connectivity index is 1.84. The lowest BCUT2D eigenvalue weighted by atomic mass is 10.2. The number of nitrogens with zero attached hydrogens (tertiary/aromatic N) is 1. The number of carbonyl (C=O) groups is 1. The van der Waals surface area contributed by atoms with E-state index in [2.05, 4.69) is 33.4 Å². The number of hydrogen-bond donors (Lipinski definition) is 1. The molecule has 0 atom stereocenters. The molecular formula is C19H21BrN2O2. The lowest BCUT2D eigenvalue weighted by molar-refractivity contribution is 0.0954. The molecule has 0 saturated carbocycles. The van der Waals surface area contributed by atoms with E-state index in [0.29, 0.717) is 5.56 Å². The van der Waals surface area contributed by atoms with Crippen LogP contribution in [0.4, 0.5) is 0 Å². The quantitative estimate of drug-likeness (QED) is 0.401. The van der Waals surface area contributed by atoms with Gasteiger partial charge in [0, 0.05) is 4.47 Å². The molecule has 0 radical (unpaired) electrons. The minimum atomic E-state index is -0.255. The first-order valence-electron chi connectivity index (χ1n) is 8.01. The van der Waals surface area contributed by atoms with Gasteiger partial charge < -0.3 is 4.74 Å². The van der Waals surface area contributed by atoms with E-state index in [1.165, 1.54) is 12.8 Å². The van der Waals surface area contributed by atoms with Gasteiger partial charge in [0.15, 0.2) is 0 Å². The summed E-state index contributed by atoms with van der Waals surface area (Å²) in [5, 5.41) is 3.99. The number of halogens is 1. The van der Waals surface area contributed by atoms with Crippen molar-refractivity contribution in [3.05, 3.63) is 64.1 Å². The number of ether oxygens (including phenoxy) is 1. The zero-order chi connectivity index (χ0) is 17.2. The number of hydrazone groups is 1. The molecule has 0 saturated heterocycles. The van der Waals surface area contributed by atoms with Crippen molar-refractivity contribution in [2.45, 2.75) is 26.2 Å². The molecule has 1 amide bonds. The van der Waals surface area contributed by atoms with Gasteiger partial charge in [-0.3, -0.25) is 4.79 Å². The maximum Gasteiger partial charge on any atom is 0.272 e. The summed E-state index contributed by atoms with van der Waals surface area (Å²) in [5.41, 5.74) is 3.96. The van der Waals surface area contributed by atoms with Crippen molar-refractivity contribution in [3.63, 3.8) is 0 Å². The van der Waals surface area contributed by atoms with Crippen molar-refractivity contribution in [2.75, 3.05) is 6.61 Å². The molecule has 0 spiro atoms. The van der Waals surface area contributed by atoms with Crippen LogP contribution in [0, 0.1) is 0 Å². The fourth-order valence-electron chi connectivity index (χ4n) is 2.06. The number of unbranched alkanes of at least 4 members (excludes halogenated alkanes) is 2. The molecule has 126 valence electrons. The van der Waals surface area contributed by atoms with E-state index < -0.39 is 0 Å². The molecule has 0 aromatic heterocycles. The van der Waals surface area contributed by atoms with Crippen molar-refractivity contribution in [1.82, 2.24) is 5.43 Å². The van der Waals surface area contributed by atoms with Crippen LogP contribution in [-0.4, -0.2) is 18.7 Å². The first-order chi connectivity index (χ1) is 11.7. The molecule has 0 fully saturated rings. The maximum absolute atomic E-state index is 12.0. The highest BCUT2D eigenvalue weighted by atomic mass is 79.9. The summed E-state index contributed by atoms with van der Waals surface area (Å²) in [6, 6.07) is 14.8. The van der Waals surface area contributed by atoms with Gasteiger partial charge in [0.05, 0.1) is 18.4 Å². The molecule has 0 aliphatic rings. The molecule has 4 nitrogen and oxygen atoms in total. The van der Waals surface area contributed by atoms with Crippen LogP contribution in [0.5, 0.6) is 5.75 Å². The Kier molecular flexibility index (Phi) is 7.49. The van der Waals surface area contributed by atoms with E-state index in [-0.39, 0.29) is 5.91 Å². The lowest BCUT2D eigenvalue weighted by Gasteiger charge is -2.05. The van der Waals surface area contributed by atoms with E-state index >= 15 is 0 Å². The Morgan fingerprint density at radius 2 is 1.92 bits per heavy atom. The van der Waals surface area contributed by atoms with Gasteiger partial charge in [-0.25, -0.2) is 5.43 Å². The average molecular weight is 389 g/mol. The summed E-state index contributed by atoms with van der Waals surface area (Å²) < 4.78 is 6.40. The van der Waals surface area contributed by atoms with E-state index in [1.807, 2.05) is 42.5 Å². The maximum atomic E-state index is 12.0. The molecule has 2 aromatic rings. The predicted octanol–water partition coefficient (Wildman–Crippen LogP) is 4.78. The second kappa shape index (κ2) is 9.88. The number of nitrogens with one attached hydrogen (secondary N) is 1. The highest BCUT2D eigenvalue weighted by molar-refractivity contribution is 9.10. The standard InChI is InChI=1S/C19H21BrN2O2/c1-2-3-6-13-24-16-11-9-15(10-12-16)14-21-22-19(23)17-7-4-5-8-18(17)20/h4-5,7-12,14H,2-3,6,13H2,1H3,(H,22,23)/b21-14+. The Morgan fingerprint density at radius 3 is 2.62 bits per heavy atom. The third-order valence-electron chi connectivity index (χ3n) is 3.39. The molecule has 2 rings (SSSR count). The number of amides is 1. The third-order valence-corrected chi connectivity index (χ3v) is 4.09. The lowest BCUT2D eigenvalue weighted by Crippen LogP contribution is -2.18. The summed E-state index contributed by atoms with van der Waals surface area (Å²) in [5.74, 6) is 0.593. The van der Waals surface area contributed by atoms with Crippen molar-refractivity contribution >= 4 is 28.1 Å². The number of benzene rings is 2. The summed E-state index contributed by atoms with van der Waals surface area (Å²) in [4.78, 5) is 12.0. The fourth-order valence-corrected chi connectivity index (χ4v) is 2.53. The van der Waals surface area contributed by atoms with Crippen LogP contribution in [0.2, 0.25) is 0 Å². The number of rotatable bonds is 8. The largest absolute Gasteiger partial charge is 0.494 e. The molecular weight excluding hydrogens is 368 g/mol. The van der Waals surface area contributed by atoms with Crippen LogP contribution in [0.1, 0.15) is 42.1 Å². The van der Waals surface area contributed by atoms with Crippen molar-refractivity contribution < 1.29 is 9.53 Å². The first-order valence-corrected chi connectivity index (χ1v) is 8.81. The van der Waals surface area contributed by atoms with Crippen LogP contribution in [0.3, 0.4) is 0 Å². The highest BCUT2D eigenvalue weighted by Crippen LogP contribution is 2.15. The first kappa shape index (κ1) is 18.2. The minimum absolute atomic E-state index is 0.255. The van der Waals surface area contributed by atoms with Gasteiger partial charge in [-0.2, -0.15) is 5.10 Å². The van der Waals surface area contributed by atoms with Gasteiger partial charge in [0.1, 0.15) is 5.75 Å². The Bertz CT molecular complexity index is 684. The molecule has 0 unspecified atom stereocenters. The molecule has 0 aliphatic carbocycles. The molecule has 0 bridgehead atoms. The SMILES string of the molecule is CCCCCOc1ccc(/C=N/NC(=O)c2ccccc2Br)cc1. The van der Waals surface area contributed by atoms with Crippen LogP contribution >= 0.6 is 15.9 Å². The van der Waals surface area contributed by atoms with Crippen molar-refractivity contribution in [3.8, 4) is 5.75 Å². The summed E-state index contributed by atoms with van der Waals surface area (Å²) in [6.07, 6.45) is 5.04. The second-order valence-electron chi connectivity index (χ2n) is 5.30. The highest BCUT2D eigenvalue weighted by Gasteiger charge is 2.07. The summed E-state index contributed by atoms with van der Waals surface area (Å²) in [7, 11) is 0. The second-order valence-corrected chi connectivity index (χ2v) is 6.16. The molecule has 24 heavy (non-hydrogen) atoms. The number of carbonyl (C=O) groups excluding carboxylic acids is 1. The molecule has 2 aromatic carbocycles. The monoisotopic (exact) mass is 388 g/mol. The van der Waals surface area contributed by atoms with Crippen LogP contribution in [0.15, 0.2) is 58.1 Å². The van der Waals surface area contributed by atoms with Gasteiger partial charge >= 0.3 is 0 Å². The van der Waals surface area contributed by atoms with Crippen molar-refractivity contribution in [2.24, 2.45) is 5.10 Å². The Labute approximate surface area is 151 Å². The van der Waals surface area contributed by atoms with Gasteiger partial charge in [-0.05, 0) is 64.3 Å². The smallest absolute Gasteiger partial charge is 0.272 e. The molecule has 0 heterocycles. The Morgan fingerprint density at radius 1 is 1.17 bits per heavy atom. The molecule has 0 aliphatic heterocycles. The zero-order valence-electron chi connectivity index (χ0n) is 13.7.